The Balaban J connectivity index is 1.38. The molecular weight excluding hydrogens is 414 g/mol. The van der Waals surface area contributed by atoms with Crippen molar-refractivity contribution in [1.29, 1.82) is 0 Å². The number of nitrogens with one attached hydrogen (secondary N) is 1. The summed E-state index contributed by atoms with van der Waals surface area (Å²) in [5, 5.41) is 0.858. The van der Waals surface area contributed by atoms with Crippen LogP contribution in [0.4, 0.5) is 0 Å². The molecule has 0 unspecified atom stereocenters. The van der Waals surface area contributed by atoms with Crippen LogP contribution in [-0.4, -0.2) is 38.6 Å². The molecule has 1 aromatic carbocycles. The molecule has 1 fully saturated rings. The average molecular weight is 442 g/mol. The third-order valence-corrected chi connectivity index (χ3v) is 6.32. The first-order valence-electron chi connectivity index (χ1n) is 11.4. The Labute approximate surface area is 192 Å². The molecule has 0 bridgehead atoms. The maximum atomic E-state index is 12.7. The van der Waals surface area contributed by atoms with E-state index in [0.717, 1.165) is 64.9 Å². The molecule has 4 aromatic rings. The van der Waals surface area contributed by atoms with Crippen molar-refractivity contribution in [2.45, 2.75) is 38.6 Å². The highest BCUT2D eigenvalue weighted by Crippen LogP contribution is 2.30. The van der Waals surface area contributed by atoms with Crippen LogP contribution >= 0.6 is 0 Å². The minimum atomic E-state index is -0.339. The number of aryl methyl sites for hydroxylation is 1. The molecule has 0 amide bonds. The number of pyridine rings is 2. The van der Waals surface area contributed by atoms with Gasteiger partial charge in [-0.1, -0.05) is 12.1 Å². The summed E-state index contributed by atoms with van der Waals surface area (Å²) in [7, 11) is 0. The standard InChI is InChI=1S/C26H27N5O2/c1-16-3-2-4-23(31-16)25-24(29-15-30-25)18-7-10-22-19(11-18)12-20(13-28-22)26(32)33-14-17-5-8-21(27)9-6-17/h2-4,7,10-13,15,17,21H,5-6,8-9,14,27H2,1H3,(H,29,30)/t17-,21-. The molecule has 0 radical (unpaired) electrons. The highest BCUT2D eigenvalue weighted by molar-refractivity contribution is 5.95. The molecule has 3 N–H and O–H groups in total. The summed E-state index contributed by atoms with van der Waals surface area (Å²) in [4.78, 5) is 29.5. The number of ether oxygens (including phenoxy) is 1. The number of hydrogen-bond acceptors (Lipinski definition) is 6. The summed E-state index contributed by atoms with van der Waals surface area (Å²) in [5.74, 6) is 0.0520. The van der Waals surface area contributed by atoms with E-state index in [4.69, 9.17) is 10.5 Å². The molecule has 0 aliphatic heterocycles. The zero-order chi connectivity index (χ0) is 22.8. The maximum absolute atomic E-state index is 12.7. The number of benzene rings is 1. The number of carbonyl (C=O) groups is 1. The lowest BCUT2D eigenvalue weighted by atomic mass is 9.87. The molecular formula is C26H27N5O2. The van der Waals surface area contributed by atoms with Gasteiger partial charge in [-0.3, -0.25) is 9.97 Å². The van der Waals surface area contributed by atoms with Crippen molar-refractivity contribution in [3.8, 4) is 22.6 Å². The van der Waals surface area contributed by atoms with Crippen LogP contribution in [-0.2, 0) is 4.74 Å². The van der Waals surface area contributed by atoms with E-state index in [1.54, 1.807) is 12.5 Å². The number of nitrogens with zero attached hydrogens (tertiary/aromatic N) is 3. The van der Waals surface area contributed by atoms with Gasteiger partial charge in [-0.15, -0.1) is 0 Å². The summed E-state index contributed by atoms with van der Waals surface area (Å²) in [6.07, 6.45) is 7.26. The van der Waals surface area contributed by atoms with Gasteiger partial charge >= 0.3 is 5.97 Å². The predicted molar refractivity (Wildman–Crippen MR) is 128 cm³/mol. The Morgan fingerprint density at radius 3 is 2.79 bits per heavy atom. The van der Waals surface area contributed by atoms with Crippen molar-refractivity contribution in [3.05, 3.63) is 66.2 Å². The normalized spacial score (nSPS) is 18.4. The monoisotopic (exact) mass is 441 g/mol. The number of aromatic nitrogens is 4. The quantitative estimate of drug-likeness (QED) is 0.436. The second-order valence-electron chi connectivity index (χ2n) is 8.80. The summed E-state index contributed by atoms with van der Waals surface area (Å²) < 4.78 is 5.60. The predicted octanol–water partition coefficient (Wildman–Crippen LogP) is 4.67. The number of imidazole rings is 1. The van der Waals surface area contributed by atoms with Crippen LogP contribution in [0.1, 0.15) is 41.7 Å². The van der Waals surface area contributed by atoms with E-state index in [-0.39, 0.29) is 12.0 Å². The van der Waals surface area contributed by atoms with E-state index >= 15 is 0 Å². The lowest BCUT2D eigenvalue weighted by molar-refractivity contribution is 0.0406. The van der Waals surface area contributed by atoms with Crippen molar-refractivity contribution in [3.63, 3.8) is 0 Å². The molecule has 3 heterocycles. The summed E-state index contributed by atoms with van der Waals surface area (Å²) >= 11 is 0. The van der Waals surface area contributed by atoms with E-state index in [1.807, 2.05) is 49.4 Å². The van der Waals surface area contributed by atoms with E-state index in [2.05, 4.69) is 19.9 Å². The number of rotatable bonds is 5. The highest BCUT2D eigenvalue weighted by Gasteiger charge is 2.20. The molecule has 1 saturated carbocycles. The van der Waals surface area contributed by atoms with Crippen LogP contribution in [0, 0.1) is 12.8 Å². The molecule has 7 heteroatoms. The topological polar surface area (TPSA) is 107 Å². The van der Waals surface area contributed by atoms with Crippen LogP contribution in [0.25, 0.3) is 33.5 Å². The Morgan fingerprint density at radius 1 is 1.12 bits per heavy atom. The van der Waals surface area contributed by atoms with E-state index in [0.29, 0.717) is 18.1 Å². The van der Waals surface area contributed by atoms with Gasteiger partial charge in [0.2, 0.25) is 0 Å². The fourth-order valence-electron chi connectivity index (χ4n) is 4.41. The van der Waals surface area contributed by atoms with Gasteiger partial charge in [0, 0.05) is 28.9 Å². The van der Waals surface area contributed by atoms with Crippen molar-refractivity contribution >= 4 is 16.9 Å². The van der Waals surface area contributed by atoms with E-state index < -0.39 is 0 Å². The Bertz CT molecular complexity index is 1290. The fourth-order valence-corrected chi connectivity index (χ4v) is 4.41. The number of fused-ring (bicyclic) bond motifs is 1. The summed E-state index contributed by atoms with van der Waals surface area (Å²) in [6.45, 7) is 2.40. The third-order valence-electron chi connectivity index (χ3n) is 6.32. The first-order chi connectivity index (χ1) is 16.1. The lowest BCUT2D eigenvalue weighted by Gasteiger charge is -2.25. The van der Waals surface area contributed by atoms with Gasteiger partial charge in [0.1, 0.15) is 0 Å². The number of H-pyrrole nitrogens is 1. The Hall–Kier alpha value is -3.58. The van der Waals surface area contributed by atoms with Gasteiger partial charge < -0.3 is 15.5 Å². The van der Waals surface area contributed by atoms with Crippen LogP contribution in [0.5, 0.6) is 0 Å². The van der Waals surface area contributed by atoms with Crippen molar-refractivity contribution in [2.24, 2.45) is 11.7 Å². The SMILES string of the molecule is Cc1cccc(-c2[nH]cnc2-c2ccc3ncc(C(=O)OC[C@H]4CC[C@H](N)CC4)cc3c2)n1. The number of hydrogen-bond donors (Lipinski definition) is 2. The van der Waals surface area contributed by atoms with Crippen molar-refractivity contribution in [1.82, 2.24) is 19.9 Å². The van der Waals surface area contributed by atoms with Gasteiger partial charge in [-0.25, -0.2) is 9.78 Å². The molecule has 7 nitrogen and oxygen atoms in total. The molecule has 0 atom stereocenters. The highest BCUT2D eigenvalue weighted by atomic mass is 16.5. The second-order valence-corrected chi connectivity index (χ2v) is 8.80. The zero-order valence-electron chi connectivity index (χ0n) is 18.6. The molecule has 1 aliphatic rings. The van der Waals surface area contributed by atoms with Crippen LogP contribution in [0.15, 0.2) is 55.0 Å². The lowest BCUT2D eigenvalue weighted by Crippen LogP contribution is -2.28. The maximum Gasteiger partial charge on any atom is 0.339 e. The Morgan fingerprint density at radius 2 is 1.97 bits per heavy atom. The minimum absolute atomic E-state index is 0.285. The molecule has 5 rings (SSSR count). The molecule has 0 saturated heterocycles. The van der Waals surface area contributed by atoms with Gasteiger partial charge in [-0.2, -0.15) is 0 Å². The van der Waals surface area contributed by atoms with Crippen molar-refractivity contribution in [2.75, 3.05) is 6.61 Å². The number of carbonyl (C=O) groups excluding carboxylic acids is 1. The van der Waals surface area contributed by atoms with Gasteiger partial charge in [-0.05, 0) is 68.9 Å². The zero-order valence-corrected chi connectivity index (χ0v) is 18.6. The van der Waals surface area contributed by atoms with Gasteiger partial charge in [0.25, 0.3) is 0 Å². The number of aromatic amines is 1. The van der Waals surface area contributed by atoms with E-state index in [9.17, 15) is 4.79 Å². The van der Waals surface area contributed by atoms with Crippen LogP contribution in [0.2, 0.25) is 0 Å². The molecule has 33 heavy (non-hydrogen) atoms. The van der Waals surface area contributed by atoms with Crippen LogP contribution in [0.3, 0.4) is 0 Å². The summed E-state index contributed by atoms with van der Waals surface area (Å²) in [6, 6.07) is 13.9. The summed E-state index contributed by atoms with van der Waals surface area (Å²) in [5.41, 5.74) is 11.6. The van der Waals surface area contributed by atoms with Crippen molar-refractivity contribution < 1.29 is 9.53 Å². The third kappa shape index (κ3) is 4.64. The van der Waals surface area contributed by atoms with Crippen LogP contribution < -0.4 is 5.73 Å². The smallest absolute Gasteiger partial charge is 0.339 e. The van der Waals surface area contributed by atoms with Gasteiger partial charge in [0.15, 0.2) is 0 Å². The Kier molecular flexibility index (Phi) is 5.88. The largest absolute Gasteiger partial charge is 0.462 e. The van der Waals surface area contributed by atoms with E-state index in [1.165, 1.54) is 0 Å². The van der Waals surface area contributed by atoms with Gasteiger partial charge in [0.05, 0.1) is 41.1 Å². The number of nitrogens with two attached hydrogens (primary N) is 1. The minimum Gasteiger partial charge on any atom is -0.462 e. The molecule has 0 spiro atoms. The second kappa shape index (κ2) is 9.11. The first-order valence-corrected chi connectivity index (χ1v) is 11.4. The molecule has 168 valence electrons. The molecule has 1 aliphatic carbocycles. The fraction of sp³-hybridized carbons (Fsp3) is 0.308. The molecule has 3 aromatic heterocycles. The first kappa shape index (κ1) is 21.3. The number of esters is 1. The average Bonchev–Trinajstić information content (AvgIpc) is 3.33.